The maximum atomic E-state index is 5.72. The van der Waals surface area contributed by atoms with Crippen molar-refractivity contribution < 1.29 is 0 Å². The van der Waals surface area contributed by atoms with Crippen LogP contribution in [0.4, 0.5) is 0 Å². The van der Waals surface area contributed by atoms with Gasteiger partial charge in [-0.2, -0.15) is 0 Å². The van der Waals surface area contributed by atoms with Gasteiger partial charge in [-0.15, -0.1) is 0 Å². The van der Waals surface area contributed by atoms with Gasteiger partial charge in [0.2, 0.25) is 0 Å². The van der Waals surface area contributed by atoms with Crippen molar-refractivity contribution in [1.29, 1.82) is 0 Å². The topological polar surface area (TPSA) is 30.9 Å². The van der Waals surface area contributed by atoms with E-state index in [0.717, 1.165) is 19.4 Å². The highest BCUT2D eigenvalue weighted by molar-refractivity contribution is 5.84. The molecule has 0 amide bonds. The second-order valence-electron chi connectivity index (χ2n) is 5.14. The van der Waals surface area contributed by atoms with Crippen molar-refractivity contribution in [3.05, 3.63) is 71.9 Å². The van der Waals surface area contributed by atoms with Gasteiger partial charge >= 0.3 is 0 Å². The minimum Gasteiger partial charge on any atom is -0.347 e. The van der Waals surface area contributed by atoms with Gasteiger partial charge in [0.25, 0.3) is 0 Å². The van der Waals surface area contributed by atoms with Gasteiger partial charge in [0, 0.05) is 23.6 Å². The highest BCUT2D eigenvalue weighted by Crippen LogP contribution is 2.22. The van der Waals surface area contributed by atoms with E-state index < -0.39 is 0 Å². The minimum atomic E-state index is 0.701. The highest BCUT2D eigenvalue weighted by atomic mass is 15.0. The standard InChI is InChI=1S/C18H20N2/c19-12-10-16-14-20(18-9-5-4-8-17(16)18)13-11-15-6-2-1-3-7-15/h1-9,14H,10-13,19H2. The quantitative estimate of drug-likeness (QED) is 0.752. The fourth-order valence-electron chi connectivity index (χ4n) is 2.76. The van der Waals surface area contributed by atoms with Crippen LogP contribution >= 0.6 is 0 Å². The number of hydrogen-bond donors (Lipinski definition) is 1. The molecule has 0 bridgehead atoms. The minimum absolute atomic E-state index is 0.701. The summed E-state index contributed by atoms with van der Waals surface area (Å²) in [6, 6.07) is 19.2. The lowest BCUT2D eigenvalue weighted by molar-refractivity contribution is 0.719. The zero-order valence-corrected chi connectivity index (χ0v) is 11.6. The summed E-state index contributed by atoms with van der Waals surface area (Å²) in [4.78, 5) is 0. The van der Waals surface area contributed by atoms with Gasteiger partial charge in [-0.3, -0.25) is 0 Å². The van der Waals surface area contributed by atoms with E-state index in [9.17, 15) is 0 Å². The normalized spacial score (nSPS) is 11.1. The summed E-state index contributed by atoms with van der Waals surface area (Å²) in [7, 11) is 0. The summed E-state index contributed by atoms with van der Waals surface area (Å²) in [6.45, 7) is 1.71. The van der Waals surface area contributed by atoms with Crippen LogP contribution in [-0.4, -0.2) is 11.1 Å². The average molecular weight is 264 g/mol. The molecule has 0 aliphatic heterocycles. The van der Waals surface area contributed by atoms with Gasteiger partial charge in [0.15, 0.2) is 0 Å². The largest absolute Gasteiger partial charge is 0.347 e. The molecule has 20 heavy (non-hydrogen) atoms. The van der Waals surface area contributed by atoms with Gasteiger partial charge < -0.3 is 10.3 Å². The number of aromatic nitrogens is 1. The van der Waals surface area contributed by atoms with Crippen molar-refractivity contribution >= 4 is 10.9 Å². The molecule has 0 atom stereocenters. The average Bonchev–Trinajstić information content (AvgIpc) is 2.85. The van der Waals surface area contributed by atoms with Crippen LogP contribution in [0.25, 0.3) is 10.9 Å². The van der Waals surface area contributed by atoms with Crippen LogP contribution in [0.5, 0.6) is 0 Å². The molecule has 2 aromatic carbocycles. The Kier molecular flexibility index (Phi) is 3.84. The molecule has 0 saturated carbocycles. The maximum Gasteiger partial charge on any atom is 0.0483 e. The van der Waals surface area contributed by atoms with Crippen molar-refractivity contribution in [2.24, 2.45) is 5.73 Å². The van der Waals surface area contributed by atoms with Crippen molar-refractivity contribution in [2.75, 3.05) is 6.54 Å². The Morgan fingerprint density at radius 2 is 1.60 bits per heavy atom. The van der Waals surface area contributed by atoms with Crippen molar-refractivity contribution in [1.82, 2.24) is 4.57 Å². The third kappa shape index (κ3) is 2.61. The van der Waals surface area contributed by atoms with Gasteiger partial charge in [0.1, 0.15) is 0 Å². The van der Waals surface area contributed by atoms with Crippen molar-refractivity contribution in [2.45, 2.75) is 19.4 Å². The molecular formula is C18H20N2. The SMILES string of the molecule is NCCc1cn(CCc2ccccc2)c2ccccc12. The predicted molar refractivity (Wildman–Crippen MR) is 84.8 cm³/mol. The molecule has 0 unspecified atom stereocenters. The van der Waals surface area contributed by atoms with E-state index in [0.29, 0.717) is 6.54 Å². The number of fused-ring (bicyclic) bond motifs is 1. The zero-order chi connectivity index (χ0) is 13.8. The predicted octanol–water partition coefficient (Wildman–Crippen LogP) is 3.39. The Morgan fingerprint density at radius 3 is 2.40 bits per heavy atom. The van der Waals surface area contributed by atoms with Crippen LogP contribution in [0.3, 0.4) is 0 Å². The first-order valence-corrected chi connectivity index (χ1v) is 7.19. The molecule has 2 heteroatoms. The molecule has 0 aliphatic rings. The first-order valence-electron chi connectivity index (χ1n) is 7.19. The smallest absolute Gasteiger partial charge is 0.0483 e. The second kappa shape index (κ2) is 5.93. The highest BCUT2D eigenvalue weighted by Gasteiger charge is 2.07. The lowest BCUT2D eigenvalue weighted by atomic mass is 10.1. The van der Waals surface area contributed by atoms with Crippen molar-refractivity contribution in [3.63, 3.8) is 0 Å². The van der Waals surface area contributed by atoms with E-state index in [1.165, 1.54) is 22.0 Å². The number of nitrogens with zero attached hydrogens (tertiary/aromatic N) is 1. The molecule has 2 N–H and O–H groups in total. The Bertz CT molecular complexity index is 683. The van der Waals surface area contributed by atoms with E-state index in [-0.39, 0.29) is 0 Å². The second-order valence-corrected chi connectivity index (χ2v) is 5.14. The number of aryl methyl sites for hydroxylation is 2. The monoisotopic (exact) mass is 264 g/mol. The molecule has 1 heterocycles. The van der Waals surface area contributed by atoms with E-state index in [4.69, 9.17) is 5.73 Å². The molecule has 1 aromatic heterocycles. The summed E-state index contributed by atoms with van der Waals surface area (Å²) >= 11 is 0. The van der Waals surface area contributed by atoms with E-state index in [1.54, 1.807) is 0 Å². The fourth-order valence-corrected chi connectivity index (χ4v) is 2.76. The van der Waals surface area contributed by atoms with Gasteiger partial charge in [-0.25, -0.2) is 0 Å². The first-order chi connectivity index (χ1) is 9.88. The summed E-state index contributed by atoms with van der Waals surface area (Å²) in [5, 5.41) is 1.34. The van der Waals surface area contributed by atoms with Crippen LogP contribution in [0.1, 0.15) is 11.1 Å². The van der Waals surface area contributed by atoms with Crippen LogP contribution in [0.2, 0.25) is 0 Å². The molecular weight excluding hydrogens is 244 g/mol. The number of nitrogens with two attached hydrogens (primary N) is 1. The van der Waals surface area contributed by atoms with Crippen molar-refractivity contribution in [3.8, 4) is 0 Å². The molecule has 0 radical (unpaired) electrons. The first kappa shape index (κ1) is 12.9. The van der Waals surface area contributed by atoms with E-state index >= 15 is 0 Å². The number of rotatable bonds is 5. The Hall–Kier alpha value is -2.06. The summed E-state index contributed by atoms with van der Waals surface area (Å²) in [6.07, 6.45) is 4.26. The van der Waals surface area contributed by atoms with Gasteiger partial charge in [0.05, 0.1) is 0 Å². The maximum absolute atomic E-state index is 5.72. The Morgan fingerprint density at radius 1 is 0.850 bits per heavy atom. The third-order valence-corrected chi connectivity index (χ3v) is 3.77. The Balaban J connectivity index is 1.87. The molecule has 0 aliphatic carbocycles. The van der Waals surface area contributed by atoms with Gasteiger partial charge in [-0.1, -0.05) is 48.5 Å². The molecule has 102 valence electrons. The Labute approximate surface area is 119 Å². The fraction of sp³-hybridized carbons (Fsp3) is 0.222. The van der Waals surface area contributed by atoms with E-state index in [2.05, 4.69) is 65.4 Å². The number of benzene rings is 2. The summed E-state index contributed by atoms with van der Waals surface area (Å²) in [5.41, 5.74) is 9.77. The molecule has 0 saturated heterocycles. The molecule has 2 nitrogen and oxygen atoms in total. The van der Waals surface area contributed by atoms with Crippen LogP contribution in [0.15, 0.2) is 60.8 Å². The summed E-state index contributed by atoms with van der Waals surface area (Å²) < 4.78 is 2.35. The number of hydrogen-bond acceptors (Lipinski definition) is 1. The van der Waals surface area contributed by atoms with Crippen LogP contribution in [-0.2, 0) is 19.4 Å². The van der Waals surface area contributed by atoms with E-state index in [1.807, 2.05) is 0 Å². The lowest BCUT2D eigenvalue weighted by Crippen LogP contribution is -2.02. The molecule has 3 rings (SSSR count). The zero-order valence-electron chi connectivity index (χ0n) is 11.6. The number of para-hydroxylation sites is 1. The van der Waals surface area contributed by atoms with Crippen LogP contribution in [0, 0.1) is 0 Å². The van der Waals surface area contributed by atoms with Gasteiger partial charge in [-0.05, 0) is 36.6 Å². The summed E-state index contributed by atoms with van der Waals surface area (Å²) in [5.74, 6) is 0. The lowest BCUT2D eigenvalue weighted by Gasteiger charge is -2.05. The molecule has 0 spiro atoms. The van der Waals surface area contributed by atoms with Crippen LogP contribution < -0.4 is 5.73 Å². The molecule has 3 aromatic rings. The molecule has 0 fully saturated rings. The third-order valence-electron chi connectivity index (χ3n) is 3.77.